The summed E-state index contributed by atoms with van der Waals surface area (Å²) in [6, 6.07) is 10.3. The van der Waals surface area contributed by atoms with E-state index in [0.717, 1.165) is 42.1 Å². The Hall–Kier alpha value is -1.15. The van der Waals surface area contributed by atoms with Gasteiger partial charge in [0.25, 0.3) is 0 Å². The van der Waals surface area contributed by atoms with E-state index in [1.807, 2.05) is 18.2 Å². The Labute approximate surface area is 174 Å². The van der Waals surface area contributed by atoms with Crippen LogP contribution in [0.3, 0.4) is 0 Å². The first kappa shape index (κ1) is 20.1. The maximum Gasteiger partial charge on any atom is 0.119 e. The lowest BCUT2D eigenvalue weighted by molar-refractivity contribution is -0.139. The average molecular weight is 424 g/mol. The highest BCUT2D eigenvalue weighted by atomic mass is 35.5. The molecular weight excluding hydrogens is 398 g/mol. The van der Waals surface area contributed by atoms with Crippen LogP contribution < -0.4 is 4.74 Å². The molecule has 1 aromatic carbocycles. The van der Waals surface area contributed by atoms with Gasteiger partial charge in [-0.3, -0.25) is 4.90 Å². The number of hydrogen-bond acceptors (Lipinski definition) is 6. The van der Waals surface area contributed by atoms with Crippen molar-refractivity contribution in [3.63, 3.8) is 0 Å². The van der Waals surface area contributed by atoms with Gasteiger partial charge in [0.05, 0.1) is 17.6 Å². The Kier molecular flexibility index (Phi) is 5.97. The fourth-order valence-electron chi connectivity index (χ4n) is 4.29. The summed E-state index contributed by atoms with van der Waals surface area (Å²) in [5, 5.41) is 19.1. The molecule has 7 heteroatoms. The molecule has 152 valence electrons. The van der Waals surface area contributed by atoms with Gasteiger partial charge in [0, 0.05) is 29.6 Å². The zero-order chi connectivity index (χ0) is 19.7. The zero-order valence-corrected chi connectivity index (χ0v) is 17.5. The highest BCUT2D eigenvalue weighted by molar-refractivity contribution is 7.16. The molecule has 0 radical (unpaired) electrons. The second kappa shape index (κ2) is 8.30. The molecule has 0 amide bonds. The molecule has 2 aliphatic heterocycles. The quantitative estimate of drug-likeness (QED) is 0.767. The monoisotopic (exact) mass is 423 g/mol. The Balaban J connectivity index is 1.44. The first-order chi connectivity index (χ1) is 13.5. The smallest absolute Gasteiger partial charge is 0.119 e. The maximum atomic E-state index is 10.3. The highest BCUT2D eigenvalue weighted by Gasteiger charge is 2.46. The lowest BCUT2D eigenvalue weighted by atomic mass is 9.81. The predicted octanol–water partition coefficient (Wildman–Crippen LogP) is 3.72. The molecule has 0 unspecified atom stereocenters. The first-order valence-corrected chi connectivity index (χ1v) is 10.9. The number of ether oxygens (including phenoxy) is 2. The van der Waals surface area contributed by atoms with Gasteiger partial charge in [0.1, 0.15) is 24.1 Å². The van der Waals surface area contributed by atoms with Gasteiger partial charge in [-0.2, -0.15) is 0 Å². The van der Waals surface area contributed by atoms with Gasteiger partial charge in [-0.25, -0.2) is 0 Å². The predicted molar refractivity (Wildman–Crippen MR) is 110 cm³/mol. The summed E-state index contributed by atoms with van der Waals surface area (Å²) in [5.41, 5.74) is 1.85. The number of aliphatic hydroxyl groups is 2. The number of fused-ring (bicyclic) bond motifs is 2. The molecule has 28 heavy (non-hydrogen) atoms. The molecule has 1 fully saturated rings. The topological polar surface area (TPSA) is 62.2 Å². The molecule has 3 atom stereocenters. The van der Waals surface area contributed by atoms with Crippen LogP contribution in [0.15, 0.2) is 30.3 Å². The standard InChI is InChI=1S/C21H26ClNO4S/c1-14-11-21(20-17(10-19(22)28-20)18(25)13-27-21)6-7-23(14)12-15-2-4-16(5-3-15)26-9-8-24/h2-5,10,14,18,24-25H,6-9,11-13H2,1H3/t14-,18-,21+/m0/s1. The lowest BCUT2D eigenvalue weighted by Crippen LogP contribution is -2.50. The molecule has 2 aliphatic rings. The molecule has 1 spiro atoms. The summed E-state index contributed by atoms with van der Waals surface area (Å²) >= 11 is 7.80. The fourth-order valence-corrected chi connectivity index (χ4v) is 5.76. The third kappa shape index (κ3) is 3.95. The van der Waals surface area contributed by atoms with E-state index in [-0.39, 0.29) is 12.2 Å². The van der Waals surface area contributed by atoms with Gasteiger partial charge in [0.15, 0.2) is 0 Å². The molecule has 2 N–H and O–H groups in total. The van der Waals surface area contributed by atoms with Gasteiger partial charge >= 0.3 is 0 Å². The van der Waals surface area contributed by atoms with Crippen LogP contribution in [0, 0.1) is 0 Å². The van der Waals surface area contributed by atoms with E-state index < -0.39 is 6.10 Å². The molecule has 0 saturated carbocycles. The summed E-state index contributed by atoms with van der Waals surface area (Å²) in [5.74, 6) is 0.778. The van der Waals surface area contributed by atoms with Crippen LogP contribution in [0.4, 0.5) is 0 Å². The van der Waals surface area contributed by atoms with Crippen molar-refractivity contribution in [2.45, 2.75) is 44.1 Å². The third-order valence-electron chi connectivity index (χ3n) is 5.74. The number of aliphatic hydroxyl groups excluding tert-OH is 2. The third-order valence-corrected chi connectivity index (χ3v) is 7.21. The number of rotatable bonds is 5. The van der Waals surface area contributed by atoms with Gasteiger partial charge in [0.2, 0.25) is 0 Å². The van der Waals surface area contributed by atoms with E-state index in [1.165, 1.54) is 5.56 Å². The molecule has 4 rings (SSSR count). The average Bonchev–Trinajstić information content (AvgIpc) is 3.10. The van der Waals surface area contributed by atoms with Crippen LogP contribution in [0.5, 0.6) is 5.75 Å². The highest BCUT2D eigenvalue weighted by Crippen LogP contribution is 2.50. The van der Waals surface area contributed by atoms with Crippen LogP contribution in [-0.4, -0.2) is 47.5 Å². The molecule has 1 aromatic heterocycles. The minimum Gasteiger partial charge on any atom is -0.491 e. The molecule has 1 saturated heterocycles. The molecule has 5 nitrogen and oxygen atoms in total. The van der Waals surface area contributed by atoms with Crippen LogP contribution in [-0.2, 0) is 16.9 Å². The molecule has 0 aliphatic carbocycles. The van der Waals surface area contributed by atoms with Crippen molar-refractivity contribution in [3.05, 3.63) is 50.7 Å². The molecule has 0 bridgehead atoms. The van der Waals surface area contributed by atoms with Crippen molar-refractivity contribution in [2.24, 2.45) is 0 Å². The van der Waals surface area contributed by atoms with Crippen molar-refractivity contribution >= 4 is 22.9 Å². The van der Waals surface area contributed by atoms with E-state index in [4.69, 9.17) is 26.2 Å². The van der Waals surface area contributed by atoms with Gasteiger partial charge in [-0.05, 0) is 43.5 Å². The van der Waals surface area contributed by atoms with Gasteiger partial charge in [-0.1, -0.05) is 23.7 Å². The number of hydrogen-bond donors (Lipinski definition) is 2. The summed E-state index contributed by atoms with van der Waals surface area (Å²) in [7, 11) is 0. The normalized spacial score (nSPS) is 27.7. The number of nitrogens with zero attached hydrogens (tertiary/aromatic N) is 1. The Bertz CT molecular complexity index is 811. The van der Waals surface area contributed by atoms with Crippen molar-refractivity contribution in [1.29, 1.82) is 0 Å². The molecule has 2 aromatic rings. The SMILES string of the molecule is C[C@H]1C[C@@]2(CCN1Cc1ccc(OCCO)cc1)OC[C@H](O)c1cc(Cl)sc12. The van der Waals surface area contributed by atoms with Gasteiger partial charge < -0.3 is 19.7 Å². The van der Waals surface area contributed by atoms with Crippen LogP contribution >= 0.6 is 22.9 Å². The number of benzene rings is 1. The van der Waals surface area contributed by atoms with Crippen molar-refractivity contribution in [1.82, 2.24) is 4.90 Å². The van der Waals surface area contributed by atoms with Crippen molar-refractivity contribution in [2.75, 3.05) is 26.4 Å². The van der Waals surface area contributed by atoms with Crippen molar-refractivity contribution < 1.29 is 19.7 Å². The zero-order valence-electron chi connectivity index (χ0n) is 15.9. The number of halogens is 1. The fraction of sp³-hybridized carbons (Fsp3) is 0.524. The second-order valence-electron chi connectivity index (χ2n) is 7.65. The largest absolute Gasteiger partial charge is 0.491 e. The van der Waals surface area contributed by atoms with E-state index >= 15 is 0 Å². The summed E-state index contributed by atoms with van der Waals surface area (Å²) in [4.78, 5) is 3.58. The van der Waals surface area contributed by atoms with Crippen LogP contribution in [0.25, 0.3) is 0 Å². The van der Waals surface area contributed by atoms with E-state index in [2.05, 4.69) is 24.0 Å². The van der Waals surface area contributed by atoms with Crippen LogP contribution in [0.2, 0.25) is 4.34 Å². The maximum absolute atomic E-state index is 10.3. The Morgan fingerprint density at radius 3 is 2.86 bits per heavy atom. The van der Waals surface area contributed by atoms with E-state index in [9.17, 15) is 5.11 Å². The van der Waals surface area contributed by atoms with Crippen molar-refractivity contribution in [3.8, 4) is 5.75 Å². The summed E-state index contributed by atoms with van der Waals surface area (Å²) in [6.45, 7) is 4.71. The Morgan fingerprint density at radius 1 is 1.36 bits per heavy atom. The summed E-state index contributed by atoms with van der Waals surface area (Å²) in [6.07, 6.45) is 1.21. The second-order valence-corrected chi connectivity index (χ2v) is 9.33. The minimum absolute atomic E-state index is 0.0189. The van der Waals surface area contributed by atoms with E-state index in [0.29, 0.717) is 23.6 Å². The number of thiophene rings is 1. The molecular formula is C21H26ClNO4S. The first-order valence-electron chi connectivity index (χ1n) is 9.69. The molecule has 3 heterocycles. The minimum atomic E-state index is -0.579. The van der Waals surface area contributed by atoms with Crippen LogP contribution in [0.1, 0.15) is 41.9 Å². The number of likely N-dealkylation sites (tertiary alicyclic amines) is 1. The van der Waals surface area contributed by atoms with E-state index in [1.54, 1.807) is 11.3 Å². The lowest BCUT2D eigenvalue weighted by Gasteiger charge is -2.47. The Morgan fingerprint density at radius 2 is 2.14 bits per heavy atom. The van der Waals surface area contributed by atoms with Gasteiger partial charge in [-0.15, -0.1) is 11.3 Å². The summed E-state index contributed by atoms with van der Waals surface area (Å²) < 4.78 is 12.4. The number of piperidine rings is 1.